The first kappa shape index (κ1) is 14.8. The second-order valence-corrected chi connectivity index (χ2v) is 5.06. The molecule has 20 heavy (non-hydrogen) atoms. The van der Waals surface area contributed by atoms with E-state index in [1.807, 2.05) is 20.0 Å². The van der Waals surface area contributed by atoms with E-state index in [0.29, 0.717) is 6.61 Å². The number of aromatic nitrogens is 1. The fourth-order valence-corrected chi connectivity index (χ4v) is 2.62. The van der Waals surface area contributed by atoms with Crippen molar-refractivity contribution in [1.82, 2.24) is 9.88 Å². The van der Waals surface area contributed by atoms with E-state index < -0.39 is 0 Å². The Labute approximate surface area is 120 Å². The van der Waals surface area contributed by atoms with Crippen LogP contribution in [0.2, 0.25) is 0 Å². The van der Waals surface area contributed by atoms with Crippen LogP contribution >= 0.6 is 0 Å². The Hall–Kier alpha value is -1.62. The molecule has 0 bridgehead atoms. The molecule has 0 atom stereocenters. The zero-order valence-electron chi connectivity index (χ0n) is 12.3. The smallest absolute Gasteiger partial charge is 0.309 e. The van der Waals surface area contributed by atoms with Gasteiger partial charge in [-0.3, -0.25) is 9.69 Å². The number of likely N-dealkylation sites (tertiary alicyclic amines) is 1. The van der Waals surface area contributed by atoms with Crippen molar-refractivity contribution in [3.63, 3.8) is 0 Å². The zero-order valence-corrected chi connectivity index (χ0v) is 12.3. The molecule has 1 aromatic heterocycles. The quantitative estimate of drug-likeness (QED) is 0.833. The van der Waals surface area contributed by atoms with Crippen LogP contribution in [0.4, 0.5) is 5.82 Å². The first-order valence-electron chi connectivity index (χ1n) is 7.25. The summed E-state index contributed by atoms with van der Waals surface area (Å²) >= 11 is 0. The number of ether oxygens (including phenoxy) is 1. The average molecular weight is 277 g/mol. The van der Waals surface area contributed by atoms with Crippen molar-refractivity contribution in [2.24, 2.45) is 5.92 Å². The number of carbonyl (C=O) groups excluding carboxylic acids is 1. The summed E-state index contributed by atoms with van der Waals surface area (Å²) in [6, 6.07) is 4.05. The molecule has 0 amide bonds. The molecule has 2 heterocycles. The molecule has 5 nitrogen and oxygen atoms in total. The van der Waals surface area contributed by atoms with Crippen LogP contribution in [0.15, 0.2) is 18.3 Å². The van der Waals surface area contributed by atoms with E-state index in [1.165, 1.54) is 5.56 Å². The summed E-state index contributed by atoms with van der Waals surface area (Å²) in [5.74, 6) is 0.966. The number of nitrogens with one attached hydrogen (secondary N) is 1. The Balaban J connectivity index is 1.87. The average Bonchev–Trinajstić information content (AvgIpc) is 2.49. The second-order valence-electron chi connectivity index (χ2n) is 5.06. The molecule has 0 radical (unpaired) electrons. The van der Waals surface area contributed by atoms with Crippen LogP contribution < -0.4 is 5.32 Å². The number of anilines is 1. The van der Waals surface area contributed by atoms with Crippen LogP contribution in [0.25, 0.3) is 0 Å². The monoisotopic (exact) mass is 277 g/mol. The van der Waals surface area contributed by atoms with E-state index in [0.717, 1.165) is 38.3 Å². The summed E-state index contributed by atoms with van der Waals surface area (Å²) in [5.41, 5.74) is 1.20. The second kappa shape index (κ2) is 7.24. The molecule has 0 saturated carbocycles. The van der Waals surface area contributed by atoms with Crippen LogP contribution in [-0.4, -0.2) is 42.6 Å². The predicted molar refractivity (Wildman–Crippen MR) is 78.4 cm³/mol. The van der Waals surface area contributed by atoms with Gasteiger partial charge < -0.3 is 10.1 Å². The highest BCUT2D eigenvalue weighted by Crippen LogP contribution is 2.21. The molecule has 5 heteroatoms. The Morgan fingerprint density at radius 3 is 2.90 bits per heavy atom. The molecule has 1 aromatic rings. The first-order valence-corrected chi connectivity index (χ1v) is 7.25. The van der Waals surface area contributed by atoms with E-state index in [-0.39, 0.29) is 11.9 Å². The Morgan fingerprint density at radius 1 is 1.50 bits per heavy atom. The number of esters is 1. The summed E-state index contributed by atoms with van der Waals surface area (Å²) in [6.07, 6.45) is 3.56. The molecular weight excluding hydrogens is 254 g/mol. The van der Waals surface area contributed by atoms with Crippen molar-refractivity contribution >= 4 is 11.8 Å². The number of rotatable bonds is 5. The number of hydrogen-bond donors (Lipinski definition) is 1. The van der Waals surface area contributed by atoms with Crippen LogP contribution in [0.5, 0.6) is 0 Å². The maximum absolute atomic E-state index is 11.7. The lowest BCUT2D eigenvalue weighted by molar-refractivity contribution is -0.149. The van der Waals surface area contributed by atoms with Crippen molar-refractivity contribution in [3.8, 4) is 0 Å². The minimum atomic E-state index is -0.0376. The topological polar surface area (TPSA) is 54.5 Å². The molecule has 1 aliphatic rings. The Morgan fingerprint density at radius 2 is 2.25 bits per heavy atom. The minimum Gasteiger partial charge on any atom is -0.466 e. The van der Waals surface area contributed by atoms with Gasteiger partial charge in [-0.25, -0.2) is 4.98 Å². The molecule has 1 saturated heterocycles. The highest BCUT2D eigenvalue weighted by Gasteiger charge is 2.26. The lowest BCUT2D eigenvalue weighted by Gasteiger charge is -2.31. The zero-order chi connectivity index (χ0) is 14.4. The maximum Gasteiger partial charge on any atom is 0.309 e. The molecule has 1 aliphatic heterocycles. The minimum absolute atomic E-state index is 0.0376. The predicted octanol–water partition coefficient (Wildman–Crippen LogP) is 1.90. The van der Waals surface area contributed by atoms with Crippen LogP contribution in [-0.2, 0) is 16.1 Å². The van der Waals surface area contributed by atoms with Crippen molar-refractivity contribution < 1.29 is 9.53 Å². The lowest BCUT2D eigenvalue weighted by atomic mass is 9.96. The summed E-state index contributed by atoms with van der Waals surface area (Å²) < 4.78 is 5.09. The highest BCUT2D eigenvalue weighted by molar-refractivity contribution is 5.72. The number of piperidine rings is 1. The molecule has 1 fully saturated rings. The van der Waals surface area contributed by atoms with Crippen LogP contribution in [0.3, 0.4) is 0 Å². The van der Waals surface area contributed by atoms with Crippen LogP contribution in [0, 0.1) is 5.92 Å². The number of hydrogen-bond acceptors (Lipinski definition) is 5. The van der Waals surface area contributed by atoms with Gasteiger partial charge in [0.1, 0.15) is 5.82 Å². The van der Waals surface area contributed by atoms with E-state index in [9.17, 15) is 4.79 Å². The Kier molecular flexibility index (Phi) is 5.35. The standard InChI is InChI=1S/C15H23N3O2/c1-3-20-15(19)12-6-9-18(10-7-12)11-13-5-4-8-17-14(13)16-2/h4-5,8,12H,3,6-7,9-11H2,1-2H3,(H,16,17). The van der Waals surface area contributed by atoms with Gasteiger partial charge in [-0.1, -0.05) is 6.07 Å². The van der Waals surface area contributed by atoms with E-state index in [4.69, 9.17) is 4.74 Å². The maximum atomic E-state index is 11.7. The van der Waals surface area contributed by atoms with Gasteiger partial charge in [0.05, 0.1) is 12.5 Å². The van der Waals surface area contributed by atoms with Gasteiger partial charge in [0.25, 0.3) is 0 Å². The van der Waals surface area contributed by atoms with Crippen molar-refractivity contribution in [2.75, 3.05) is 32.1 Å². The molecule has 0 aliphatic carbocycles. The third kappa shape index (κ3) is 3.70. The van der Waals surface area contributed by atoms with Gasteiger partial charge in [-0.2, -0.15) is 0 Å². The SMILES string of the molecule is CCOC(=O)C1CCN(Cc2cccnc2NC)CC1. The van der Waals surface area contributed by atoms with Crippen LogP contribution in [0.1, 0.15) is 25.3 Å². The summed E-state index contributed by atoms with van der Waals surface area (Å²) in [5, 5.41) is 3.12. The third-order valence-corrected chi connectivity index (χ3v) is 3.73. The van der Waals surface area contributed by atoms with Crippen molar-refractivity contribution in [2.45, 2.75) is 26.3 Å². The molecule has 0 unspecified atom stereocenters. The largest absolute Gasteiger partial charge is 0.466 e. The molecular formula is C15H23N3O2. The van der Waals surface area contributed by atoms with E-state index >= 15 is 0 Å². The molecule has 110 valence electrons. The fourth-order valence-electron chi connectivity index (χ4n) is 2.62. The molecule has 2 rings (SSSR count). The number of nitrogens with zero attached hydrogens (tertiary/aromatic N) is 2. The highest BCUT2D eigenvalue weighted by atomic mass is 16.5. The first-order chi connectivity index (χ1) is 9.74. The van der Waals surface area contributed by atoms with Crippen molar-refractivity contribution in [1.29, 1.82) is 0 Å². The number of pyridine rings is 1. The van der Waals surface area contributed by atoms with Gasteiger partial charge in [-0.15, -0.1) is 0 Å². The van der Waals surface area contributed by atoms with Gasteiger partial charge in [0.15, 0.2) is 0 Å². The molecule has 0 aromatic carbocycles. The normalized spacial score (nSPS) is 16.9. The van der Waals surface area contributed by atoms with Gasteiger partial charge in [-0.05, 0) is 38.9 Å². The lowest BCUT2D eigenvalue weighted by Crippen LogP contribution is -2.36. The van der Waals surface area contributed by atoms with E-state index in [1.54, 1.807) is 6.20 Å². The molecule has 1 N–H and O–H groups in total. The molecule has 0 spiro atoms. The Bertz CT molecular complexity index is 442. The third-order valence-electron chi connectivity index (χ3n) is 3.73. The fraction of sp³-hybridized carbons (Fsp3) is 0.600. The van der Waals surface area contributed by atoms with Gasteiger partial charge in [0.2, 0.25) is 0 Å². The summed E-state index contributed by atoms with van der Waals surface area (Å²) in [4.78, 5) is 18.4. The van der Waals surface area contributed by atoms with Crippen molar-refractivity contribution in [3.05, 3.63) is 23.9 Å². The van der Waals surface area contributed by atoms with Gasteiger partial charge in [0, 0.05) is 25.4 Å². The number of carbonyl (C=O) groups is 1. The van der Waals surface area contributed by atoms with Gasteiger partial charge >= 0.3 is 5.97 Å². The summed E-state index contributed by atoms with van der Waals surface area (Å²) in [7, 11) is 1.89. The van der Waals surface area contributed by atoms with E-state index in [2.05, 4.69) is 21.3 Å². The summed E-state index contributed by atoms with van der Waals surface area (Å²) in [6.45, 7) is 5.07.